The SMILES string of the molecule is Cc1cc(CNc2nc(N3CC4CC4C3)ncc2C(=O)O)ccc1CO. The second-order valence-corrected chi connectivity index (χ2v) is 7.17. The summed E-state index contributed by atoms with van der Waals surface area (Å²) in [7, 11) is 0. The Bertz CT molecular complexity index is 845. The number of hydrogen-bond acceptors (Lipinski definition) is 6. The van der Waals surface area contributed by atoms with Crippen LogP contribution in [0.4, 0.5) is 11.8 Å². The minimum atomic E-state index is -1.05. The number of rotatable bonds is 6. The molecular weight excluding hydrogens is 332 g/mol. The number of aromatic carboxylic acids is 1. The second-order valence-electron chi connectivity index (χ2n) is 7.17. The third kappa shape index (κ3) is 3.22. The number of anilines is 2. The smallest absolute Gasteiger partial charge is 0.341 e. The number of aliphatic hydroxyl groups excluding tert-OH is 1. The molecule has 2 fully saturated rings. The van der Waals surface area contributed by atoms with E-state index in [2.05, 4.69) is 20.2 Å². The van der Waals surface area contributed by atoms with E-state index in [9.17, 15) is 15.0 Å². The fraction of sp³-hybridized carbons (Fsp3) is 0.421. The molecule has 26 heavy (non-hydrogen) atoms. The number of carboxylic acids is 1. The number of aliphatic hydroxyl groups is 1. The van der Waals surface area contributed by atoms with Crippen molar-refractivity contribution in [1.82, 2.24) is 9.97 Å². The molecule has 1 aromatic carbocycles. The van der Waals surface area contributed by atoms with E-state index in [-0.39, 0.29) is 12.2 Å². The van der Waals surface area contributed by atoms with Gasteiger partial charge in [-0.3, -0.25) is 0 Å². The van der Waals surface area contributed by atoms with Crippen LogP contribution in [0.15, 0.2) is 24.4 Å². The van der Waals surface area contributed by atoms with Crippen molar-refractivity contribution < 1.29 is 15.0 Å². The van der Waals surface area contributed by atoms with Crippen LogP contribution in [0.3, 0.4) is 0 Å². The molecule has 1 aliphatic heterocycles. The van der Waals surface area contributed by atoms with Crippen LogP contribution < -0.4 is 10.2 Å². The minimum absolute atomic E-state index is 0.00972. The van der Waals surface area contributed by atoms with Crippen LogP contribution in [-0.4, -0.2) is 39.2 Å². The highest BCUT2D eigenvalue weighted by Crippen LogP contribution is 2.45. The average molecular weight is 354 g/mol. The Hall–Kier alpha value is -2.67. The zero-order chi connectivity index (χ0) is 18.3. The lowest BCUT2D eigenvalue weighted by atomic mass is 10.1. The van der Waals surface area contributed by atoms with E-state index < -0.39 is 5.97 Å². The van der Waals surface area contributed by atoms with Crippen molar-refractivity contribution in [2.75, 3.05) is 23.3 Å². The van der Waals surface area contributed by atoms with Gasteiger partial charge in [-0.15, -0.1) is 0 Å². The highest BCUT2D eigenvalue weighted by molar-refractivity contribution is 5.93. The van der Waals surface area contributed by atoms with Crippen LogP contribution in [0, 0.1) is 18.8 Å². The van der Waals surface area contributed by atoms with Crippen molar-refractivity contribution >= 4 is 17.7 Å². The van der Waals surface area contributed by atoms with Crippen LogP contribution in [-0.2, 0) is 13.2 Å². The summed E-state index contributed by atoms with van der Waals surface area (Å²) in [6.45, 7) is 4.32. The molecule has 1 saturated carbocycles. The first kappa shape index (κ1) is 16.8. The molecule has 1 aromatic heterocycles. The summed E-state index contributed by atoms with van der Waals surface area (Å²) < 4.78 is 0. The minimum Gasteiger partial charge on any atom is -0.477 e. The Morgan fingerprint density at radius 3 is 2.77 bits per heavy atom. The van der Waals surface area contributed by atoms with Crippen LogP contribution >= 0.6 is 0 Å². The summed E-state index contributed by atoms with van der Waals surface area (Å²) in [6, 6.07) is 5.78. The zero-order valence-electron chi connectivity index (χ0n) is 14.6. The van der Waals surface area contributed by atoms with Crippen molar-refractivity contribution in [1.29, 1.82) is 0 Å². The van der Waals surface area contributed by atoms with Gasteiger partial charge in [0.2, 0.25) is 5.95 Å². The molecule has 1 saturated heterocycles. The molecule has 7 nitrogen and oxygen atoms in total. The average Bonchev–Trinajstić information content (AvgIpc) is 3.25. The van der Waals surface area contributed by atoms with Crippen molar-refractivity contribution in [3.8, 4) is 0 Å². The van der Waals surface area contributed by atoms with Gasteiger partial charge in [-0.05, 0) is 41.9 Å². The first-order valence-electron chi connectivity index (χ1n) is 8.83. The van der Waals surface area contributed by atoms with E-state index in [4.69, 9.17) is 0 Å². The number of benzene rings is 1. The Morgan fingerprint density at radius 2 is 2.12 bits per heavy atom. The largest absolute Gasteiger partial charge is 0.477 e. The second kappa shape index (κ2) is 6.57. The van der Waals surface area contributed by atoms with Gasteiger partial charge < -0.3 is 20.4 Å². The number of carboxylic acid groups (broad SMARTS) is 1. The molecule has 7 heteroatoms. The highest BCUT2D eigenvalue weighted by atomic mass is 16.4. The number of hydrogen-bond donors (Lipinski definition) is 3. The molecule has 2 aliphatic rings. The lowest BCUT2D eigenvalue weighted by molar-refractivity contribution is 0.0697. The van der Waals surface area contributed by atoms with Gasteiger partial charge in [0.15, 0.2) is 0 Å². The van der Waals surface area contributed by atoms with Gasteiger partial charge in [0.25, 0.3) is 0 Å². The standard InChI is InChI=1S/C19H22N4O3/c1-11-4-12(2-3-13(11)10-24)6-20-17-16(18(25)26)7-21-19(22-17)23-8-14-5-15(14)9-23/h2-4,7,14-15,24H,5-6,8-10H2,1H3,(H,25,26)(H,20,21,22). The van der Waals surface area contributed by atoms with Crippen LogP contribution in [0.25, 0.3) is 0 Å². The molecule has 0 bridgehead atoms. The third-order valence-electron chi connectivity index (χ3n) is 5.31. The number of piperidine rings is 1. The molecule has 4 rings (SSSR count). The number of nitrogens with zero attached hydrogens (tertiary/aromatic N) is 3. The molecular formula is C19H22N4O3. The zero-order valence-corrected chi connectivity index (χ0v) is 14.6. The third-order valence-corrected chi connectivity index (χ3v) is 5.31. The van der Waals surface area contributed by atoms with Gasteiger partial charge in [0.05, 0.1) is 6.61 Å². The normalized spacial score (nSPS) is 20.8. The lowest BCUT2D eigenvalue weighted by Gasteiger charge is -2.19. The summed E-state index contributed by atoms with van der Waals surface area (Å²) in [6.07, 6.45) is 2.68. The van der Waals surface area contributed by atoms with Gasteiger partial charge in [-0.2, -0.15) is 4.98 Å². The number of fused-ring (bicyclic) bond motifs is 1. The maximum Gasteiger partial charge on any atom is 0.341 e. The van der Waals surface area contributed by atoms with E-state index in [1.54, 1.807) is 0 Å². The predicted octanol–water partition coefficient (Wildman–Crippen LogP) is 2.04. The summed E-state index contributed by atoms with van der Waals surface area (Å²) in [5, 5.41) is 21.8. The molecule has 2 aromatic rings. The van der Waals surface area contributed by atoms with Crippen LogP contribution in [0.5, 0.6) is 0 Å². The Morgan fingerprint density at radius 1 is 1.35 bits per heavy atom. The Balaban J connectivity index is 1.53. The van der Waals surface area contributed by atoms with E-state index in [0.29, 0.717) is 18.3 Å². The van der Waals surface area contributed by atoms with Crippen molar-refractivity contribution in [3.05, 3.63) is 46.6 Å². The van der Waals surface area contributed by atoms with Crippen LogP contribution in [0.1, 0.15) is 33.5 Å². The molecule has 3 N–H and O–H groups in total. The van der Waals surface area contributed by atoms with Crippen molar-refractivity contribution in [3.63, 3.8) is 0 Å². The van der Waals surface area contributed by atoms with E-state index in [1.165, 1.54) is 12.6 Å². The molecule has 0 radical (unpaired) electrons. The summed E-state index contributed by atoms with van der Waals surface area (Å²) in [5.74, 6) is 1.39. The first-order valence-corrected chi connectivity index (χ1v) is 8.83. The Kier molecular flexibility index (Phi) is 4.24. The maximum atomic E-state index is 11.5. The molecule has 2 unspecified atom stereocenters. The molecule has 2 atom stereocenters. The quantitative estimate of drug-likeness (QED) is 0.730. The van der Waals surface area contributed by atoms with Crippen molar-refractivity contribution in [2.45, 2.75) is 26.5 Å². The monoisotopic (exact) mass is 354 g/mol. The number of carbonyl (C=O) groups is 1. The highest BCUT2D eigenvalue weighted by Gasteiger charge is 2.45. The predicted molar refractivity (Wildman–Crippen MR) is 97.2 cm³/mol. The van der Waals surface area contributed by atoms with Gasteiger partial charge in [-0.25, -0.2) is 9.78 Å². The Labute approximate surface area is 151 Å². The molecule has 0 spiro atoms. The summed E-state index contributed by atoms with van der Waals surface area (Å²) >= 11 is 0. The van der Waals surface area contributed by atoms with Crippen molar-refractivity contribution in [2.24, 2.45) is 11.8 Å². The molecule has 2 heterocycles. The van der Waals surface area contributed by atoms with Gasteiger partial charge >= 0.3 is 5.97 Å². The number of nitrogens with one attached hydrogen (secondary N) is 1. The maximum absolute atomic E-state index is 11.5. The fourth-order valence-electron chi connectivity index (χ4n) is 3.61. The van der Waals surface area contributed by atoms with Gasteiger partial charge in [-0.1, -0.05) is 18.2 Å². The molecule has 136 valence electrons. The first-order chi connectivity index (χ1) is 12.5. The molecule has 0 amide bonds. The molecule has 1 aliphatic carbocycles. The van der Waals surface area contributed by atoms with E-state index >= 15 is 0 Å². The number of aryl methyl sites for hydroxylation is 1. The van der Waals surface area contributed by atoms with Gasteiger partial charge in [0.1, 0.15) is 11.4 Å². The topological polar surface area (TPSA) is 98.6 Å². The van der Waals surface area contributed by atoms with Gasteiger partial charge in [0, 0.05) is 25.8 Å². The number of aromatic nitrogens is 2. The van der Waals surface area contributed by atoms with E-state index in [1.807, 2.05) is 25.1 Å². The fourth-order valence-corrected chi connectivity index (χ4v) is 3.61. The summed E-state index contributed by atoms with van der Waals surface area (Å²) in [4.78, 5) is 22.4. The van der Waals surface area contributed by atoms with E-state index in [0.717, 1.165) is 41.6 Å². The van der Waals surface area contributed by atoms with Crippen LogP contribution in [0.2, 0.25) is 0 Å². The summed E-state index contributed by atoms with van der Waals surface area (Å²) in [5.41, 5.74) is 2.96. The lowest BCUT2D eigenvalue weighted by Crippen LogP contribution is -2.25.